The number of nitrogens with one attached hydrogen (secondary N) is 1. The van der Waals surface area contributed by atoms with Crippen molar-refractivity contribution in [1.29, 1.82) is 0 Å². The summed E-state index contributed by atoms with van der Waals surface area (Å²) < 4.78 is 27.6. The van der Waals surface area contributed by atoms with E-state index in [0.717, 1.165) is 41.9 Å². The van der Waals surface area contributed by atoms with Gasteiger partial charge in [-0.25, -0.2) is 13.4 Å². The number of aromatic nitrogens is 3. The van der Waals surface area contributed by atoms with Crippen LogP contribution in [-0.4, -0.2) is 73.9 Å². The van der Waals surface area contributed by atoms with Crippen molar-refractivity contribution in [2.24, 2.45) is 0 Å². The Hall–Kier alpha value is -3.63. The molecular weight excluding hydrogens is 486 g/mol. The molecule has 3 heterocycles. The van der Waals surface area contributed by atoms with E-state index in [1.807, 2.05) is 41.1 Å². The number of fused-ring (bicyclic) bond motifs is 1. The first-order chi connectivity index (χ1) is 17.7. The SMILES string of the molecule is C[C@@H]1CN(c2ccc(Nc3ncc4ccn(Cc5ccccc5N(C)S(C)(=O)=O)c4n3)cc2)CCN1C. The van der Waals surface area contributed by atoms with E-state index in [1.165, 1.54) is 16.2 Å². The predicted octanol–water partition coefficient (Wildman–Crippen LogP) is 3.76. The molecule has 0 spiro atoms. The highest BCUT2D eigenvalue weighted by Gasteiger charge is 2.21. The van der Waals surface area contributed by atoms with Crippen LogP contribution in [0.15, 0.2) is 67.0 Å². The van der Waals surface area contributed by atoms with Crippen molar-refractivity contribution in [2.45, 2.75) is 19.5 Å². The first-order valence-electron chi connectivity index (χ1n) is 12.3. The van der Waals surface area contributed by atoms with Gasteiger partial charge in [-0.2, -0.15) is 4.98 Å². The second-order valence-corrected chi connectivity index (χ2v) is 11.7. The molecule has 0 amide bonds. The molecule has 1 saturated heterocycles. The fourth-order valence-electron chi connectivity index (χ4n) is 4.64. The van der Waals surface area contributed by atoms with E-state index in [2.05, 4.69) is 58.3 Å². The van der Waals surface area contributed by atoms with Crippen LogP contribution in [0.5, 0.6) is 0 Å². The zero-order valence-corrected chi connectivity index (χ0v) is 22.5. The van der Waals surface area contributed by atoms with E-state index in [0.29, 0.717) is 24.2 Å². The fourth-order valence-corrected chi connectivity index (χ4v) is 5.18. The second-order valence-electron chi connectivity index (χ2n) is 9.72. The van der Waals surface area contributed by atoms with Crippen molar-refractivity contribution in [2.75, 3.05) is 54.5 Å². The van der Waals surface area contributed by atoms with Crippen LogP contribution < -0.4 is 14.5 Å². The quantitative estimate of drug-likeness (QED) is 0.398. The minimum Gasteiger partial charge on any atom is -0.369 e. The molecule has 0 radical (unpaired) electrons. The summed E-state index contributed by atoms with van der Waals surface area (Å²) >= 11 is 0. The fraction of sp³-hybridized carbons (Fsp3) is 0.333. The maximum absolute atomic E-state index is 12.1. The van der Waals surface area contributed by atoms with Gasteiger partial charge in [0.1, 0.15) is 5.65 Å². The smallest absolute Gasteiger partial charge is 0.232 e. The van der Waals surface area contributed by atoms with E-state index >= 15 is 0 Å². The lowest BCUT2D eigenvalue weighted by Crippen LogP contribution is -2.50. The molecule has 0 aliphatic carbocycles. The topological polar surface area (TPSA) is 86.6 Å². The Balaban J connectivity index is 1.35. The van der Waals surface area contributed by atoms with Gasteiger partial charge in [0.05, 0.1) is 18.5 Å². The predicted molar refractivity (Wildman–Crippen MR) is 150 cm³/mol. The molecule has 0 unspecified atom stereocenters. The largest absolute Gasteiger partial charge is 0.369 e. The molecule has 1 fully saturated rings. The first-order valence-corrected chi connectivity index (χ1v) is 14.2. The maximum atomic E-state index is 12.1. The average Bonchev–Trinajstić information content (AvgIpc) is 3.27. The third-order valence-electron chi connectivity index (χ3n) is 7.12. The first kappa shape index (κ1) is 25.0. The number of piperazine rings is 1. The summed E-state index contributed by atoms with van der Waals surface area (Å²) in [5, 5.41) is 4.24. The number of para-hydroxylation sites is 1. The van der Waals surface area contributed by atoms with Crippen LogP contribution >= 0.6 is 0 Å². The molecule has 0 bridgehead atoms. The van der Waals surface area contributed by atoms with Crippen molar-refractivity contribution >= 4 is 44.1 Å². The monoisotopic (exact) mass is 519 g/mol. The number of hydrogen-bond acceptors (Lipinski definition) is 7. The standard InChI is InChI=1S/C27H33N7O2S/c1-20-18-33(16-15-31(20)2)24-11-9-23(10-12-24)29-27-28-17-21-13-14-34(26(21)30-27)19-22-7-5-6-8-25(22)32(3)37(4,35)36/h5-14,17,20H,15-16,18-19H2,1-4H3,(H,28,29,30)/t20-/m1/s1. The minimum atomic E-state index is -3.37. The van der Waals surface area contributed by atoms with E-state index < -0.39 is 10.0 Å². The van der Waals surface area contributed by atoms with Gasteiger partial charge in [-0.3, -0.25) is 4.31 Å². The van der Waals surface area contributed by atoms with Crippen molar-refractivity contribution in [3.05, 3.63) is 72.6 Å². The third kappa shape index (κ3) is 5.40. The molecule has 5 rings (SSSR count). The zero-order chi connectivity index (χ0) is 26.2. The Kier molecular flexibility index (Phi) is 6.78. The molecule has 2 aromatic heterocycles. The molecule has 37 heavy (non-hydrogen) atoms. The van der Waals surface area contributed by atoms with Crippen LogP contribution in [0.25, 0.3) is 11.0 Å². The Morgan fingerprint density at radius 3 is 2.57 bits per heavy atom. The highest BCUT2D eigenvalue weighted by molar-refractivity contribution is 7.92. The van der Waals surface area contributed by atoms with Crippen molar-refractivity contribution in [3.63, 3.8) is 0 Å². The summed E-state index contributed by atoms with van der Waals surface area (Å²) in [6, 6.07) is 18.4. The molecule has 1 aliphatic heterocycles. The van der Waals surface area contributed by atoms with Crippen LogP contribution in [-0.2, 0) is 16.6 Å². The number of rotatable bonds is 7. The lowest BCUT2D eigenvalue weighted by Gasteiger charge is -2.39. The van der Waals surface area contributed by atoms with E-state index in [1.54, 1.807) is 13.2 Å². The maximum Gasteiger partial charge on any atom is 0.232 e. The van der Waals surface area contributed by atoms with Crippen LogP contribution in [0.4, 0.5) is 23.0 Å². The molecule has 9 nitrogen and oxygen atoms in total. The second kappa shape index (κ2) is 10.0. The van der Waals surface area contributed by atoms with Gasteiger partial charge in [0, 0.05) is 61.9 Å². The summed E-state index contributed by atoms with van der Waals surface area (Å²) in [4.78, 5) is 14.1. The van der Waals surface area contributed by atoms with Gasteiger partial charge in [-0.05, 0) is 55.9 Å². The van der Waals surface area contributed by atoms with Gasteiger partial charge >= 0.3 is 0 Å². The molecular formula is C27H33N7O2S. The molecule has 1 aliphatic rings. The lowest BCUT2D eigenvalue weighted by molar-refractivity contribution is 0.234. The van der Waals surface area contributed by atoms with Crippen LogP contribution in [0.2, 0.25) is 0 Å². The van der Waals surface area contributed by atoms with Crippen LogP contribution in [0.1, 0.15) is 12.5 Å². The zero-order valence-electron chi connectivity index (χ0n) is 21.7. The highest BCUT2D eigenvalue weighted by atomic mass is 32.2. The number of likely N-dealkylation sites (N-methyl/N-ethyl adjacent to an activating group) is 1. The van der Waals surface area contributed by atoms with Crippen molar-refractivity contribution in [3.8, 4) is 0 Å². The normalized spacial score (nSPS) is 16.8. The highest BCUT2D eigenvalue weighted by Crippen LogP contribution is 2.26. The molecule has 10 heteroatoms. The van der Waals surface area contributed by atoms with Gasteiger partial charge in [0.15, 0.2) is 0 Å². The Bertz CT molecular complexity index is 1500. The van der Waals surface area contributed by atoms with E-state index in [4.69, 9.17) is 4.98 Å². The molecule has 1 atom stereocenters. The van der Waals surface area contributed by atoms with Gasteiger partial charge in [-0.1, -0.05) is 18.2 Å². The molecule has 194 valence electrons. The van der Waals surface area contributed by atoms with Crippen LogP contribution in [0.3, 0.4) is 0 Å². The van der Waals surface area contributed by atoms with Gasteiger partial charge in [-0.15, -0.1) is 0 Å². The van der Waals surface area contributed by atoms with Gasteiger partial charge in [0.2, 0.25) is 16.0 Å². The summed E-state index contributed by atoms with van der Waals surface area (Å²) in [7, 11) is 0.373. The van der Waals surface area contributed by atoms with Crippen LogP contribution in [0, 0.1) is 0 Å². The van der Waals surface area contributed by atoms with Crippen molar-refractivity contribution in [1.82, 2.24) is 19.4 Å². The number of nitrogens with zero attached hydrogens (tertiary/aromatic N) is 6. The van der Waals surface area contributed by atoms with Gasteiger partial charge < -0.3 is 19.7 Å². The summed E-state index contributed by atoms with van der Waals surface area (Å²) in [6.07, 6.45) is 4.96. The van der Waals surface area contributed by atoms with E-state index in [9.17, 15) is 8.42 Å². The number of anilines is 4. The van der Waals surface area contributed by atoms with Crippen molar-refractivity contribution < 1.29 is 8.42 Å². The Labute approximate surface area is 218 Å². The molecule has 4 aromatic rings. The number of benzene rings is 2. The summed E-state index contributed by atoms with van der Waals surface area (Å²) in [6.45, 7) is 5.84. The Morgan fingerprint density at radius 1 is 1.08 bits per heavy atom. The molecule has 1 N–H and O–H groups in total. The number of sulfonamides is 1. The minimum absolute atomic E-state index is 0.480. The Morgan fingerprint density at radius 2 is 1.84 bits per heavy atom. The van der Waals surface area contributed by atoms with E-state index in [-0.39, 0.29) is 0 Å². The van der Waals surface area contributed by atoms with Gasteiger partial charge in [0.25, 0.3) is 0 Å². The summed E-state index contributed by atoms with van der Waals surface area (Å²) in [5.41, 5.74) is 4.44. The average molecular weight is 520 g/mol. The molecule has 2 aromatic carbocycles. The summed E-state index contributed by atoms with van der Waals surface area (Å²) in [5.74, 6) is 0.509. The molecule has 0 saturated carbocycles. The lowest BCUT2D eigenvalue weighted by atomic mass is 10.1. The third-order valence-corrected chi connectivity index (χ3v) is 8.31. The number of hydrogen-bond donors (Lipinski definition) is 1.